The summed E-state index contributed by atoms with van der Waals surface area (Å²) in [6, 6.07) is 0. The molecule has 110 valence electrons. The fourth-order valence-corrected chi connectivity index (χ4v) is 1.67. The van der Waals surface area contributed by atoms with Gasteiger partial charge in [-0.25, -0.2) is 0 Å². The summed E-state index contributed by atoms with van der Waals surface area (Å²) in [5, 5.41) is 4.26. The first-order chi connectivity index (χ1) is 8.16. The number of aliphatic hydroxyl groups excluding tert-OH is 1. The molecule has 2 N–H and O–H groups in total. The second kappa shape index (κ2) is 7.32. The number of hydrogen-bond donors (Lipinski definition) is 2. The zero-order valence-electron chi connectivity index (χ0n) is 10.5. The van der Waals surface area contributed by atoms with Crippen LogP contribution in [0.3, 0.4) is 0 Å². The lowest BCUT2D eigenvalue weighted by Gasteiger charge is -2.22. The third-order valence-corrected chi connectivity index (χ3v) is 3.55. The van der Waals surface area contributed by atoms with E-state index in [9.17, 15) is 17.2 Å². The summed E-state index contributed by atoms with van der Waals surface area (Å²) in [5.41, 5.74) is 0. The second-order valence-corrected chi connectivity index (χ2v) is 5.63. The second-order valence-electron chi connectivity index (χ2n) is 4.14. The highest BCUT2D eigenvalue weighted by atomic mass is 32.2. The summed E-state index contributed by atoms with van der Waals surface area (Å²) >= 11 is 0. The smallest absolute Gasteiger partial charge is 0.362 e. The highest BCUT2D eigenvalue weighted by Crippen LogP contribution is 2.26. The summed E-state index contributed by atoms with van der Waals surface area (Å²) in [5.74, 6) is -0.0307. The van der Waals surface area contributed by atoms with E-state index in [1.54, 1.807) is 0 Å². The van der Waals surface area contributed by atoms with Crippen molar-refractivity contribution in [2.24, 2.45) is 5.92 Å². The minimum absolute atomic E-state index is 0.0307. The van der Waals surface area contributed by atoms with Gasteiger partial charge in [-0.1, -0.05) is 33.1 Å². The van der Waals surface area contributed by atoms with Gasteiger partial charge in [-0.15, -0.1) is 0 Å². The maximum Gasteiger partial charge on any atom is 0.418 e. The van der Waals surface area contributed by atoms with Crippen LogP contribution in [0, 0.1) is 5.92 Å². The van der Waals surface area contributed by atoms with Crippen LogP contribution in [0.2, 0.25) is 0 Å². The lowest BCUT2D eigenvalue weighted by molar-refractivity contribution is -0.203. The van der Waals surface area contributed by atoms with E-state index >= 15 is 0 Å². The van der Waals surface area contributed by atoms with Gasteiger partial charge in [0, 0.05) is 0 Å². The molecule has 18 heavy (non-hydrogen) atoms. The van der Waals surface area contributed by atoms with Crippen LogP contribution >= 0.6 is 0 Å². The van der Waals surface area contributed by atoms with E-state index in [0.717, 1.165) is 19.3 Å². The Morgan fingerprint density at radius 1 is 1.33 bits per heavy atom. The van der Waals surface area contributed by atoms with Crippen LogP contribution in [-0.4, -0.2) is 36.2 Å². The van der Waals surface area contributed by atoms with Crippen LogP contribution < -0.4 is 0 Å². The highest BCUT2D eigenvalue weighted by Gasteiger charge is 2.52. The molecule has 0 aliphatic carbocycles. The first-order valence-corrected chi connectivity index (χ1v) is 7.25. The molecule has 0 aromatic rings. The largest absolute Gasteiger partial charge is 0.418 e. The fourth-order valence-electron chi connectivity index (χ4n) is 1.35. The van der Waals surface area contributed by atoms with Crippen molar-refractivity contribution in [3.05, 3.63) is 0 Å². The van der Waals surface area contributed by atoms with E-state index in [0.29, 0.717) is 6.42 Å². The van der Waals surface area contributed by atoms with E-state index in [2.05, 4.69) is 4.74 Å². The van der Waals surface area contributed by atoms with Crippen LogP contribution in [0.1, 0.15) is 39.5 Å². The van der Waals surface area contributed by atoms with Gasteiger partial charge in [0.1, 0.15) is 0 Å². The fraction of sp³-hybridized carbons (Fsp3) is 1.00. The van der Waals surface area contributed by atoms with Crippen LogP contribution in [-0.2, 0) is 14.9 Å². The average Bonchev–Trinajstić information content (AvgIpc) is 2.27. The van der Waals surface area contributed by atoms with Crippen molar-refractivity contribution in [1.82, 2.24) is 0 Å². The summed E-state index contributed by atoms with van der Waals surface area (Å²) in [6.07, 6.45) is 0.400. The van der Waals surface area contributed by atoms with Gasteiger partial charge in [0.05, 0.1) is 6.61 Å². The molecule has 0 bridgehead atoms. The molecule has 0 saturated heterocycles. The molecule has 0 fully saturated rings. The molecule has 0 spiro atoms. The van der Waals surface area contributed by atoms with Crippen molar-refractivity contribution < 1.29 is 31.6 Å². The van der Waals surface area contributed by atoms with Gasteiger partial charge < -0.3 is 9.84 Å². The molecule has 0 amide bonds. The van der Waals surface area contributed by atoms with E-state index < -0.39 is 21.7 Å². The molecule has 0 radical (unpaired) electrons. The Labute approximate surface area is 106 Å². The van der Waals surface area contributed by atoms with E-state index in [-0.39, 0.29) is 12.5 Å². The lowest BCUT2D eigenvalue weighted by Crippen LogP contribution is -2.43. The SMILES string of the molecule is CCCCC(CC)COC(O)C(F)(F)S(=O)(=O)O. The number of hydrogen-bond acceptors (Lipinski definition) is 4. The third kappa shape index (κ3) is 5.13. The van der Waals surface area contributed by atoms with Crippen molar-refractivity contribution >= 4 is 10.1 Å². The van der Waals surface area contributed by atoms with Crippen molar-refractivity contribution in [3.8, 4) is 0 Å². The summed E-state index contributed by atoms with van der Waals surface area (Å²) < 4.78 is 59.2. The molecule has 0 saturated carbocycles. The summed E-state index contributed by atoms with van der Waals surface area (Å²) in [4.78, 5) is 0. The molecule has 8 heteroatoms. The number of aliphatic hydroxyl groups is 1. The zero-order chi connectivity index (χ0) is 14.4. The number of unbranched alkanes of at least 4 members (excludes halogenated alkanes) is 1. The Balaban J connectivity index is 4.36. The first kappa shape index (κ1) is 17.7. The minimum atomic E-state index is -5.68. The molecule has 0 heterocycles. The zero-order valence-corrected chi connectivity index (χ0v) is 11.3. The Morgan fingerprint density at radius 3 is 2.28 bits per heavy atom. The molecule has 0 aromatic carbocycles. The quantitative estimate of drug-likeness (QED) is 0.501. The van der Waals surface area contributed by atoms with Gasteiger partial charge in [-0.2, -0.15) is 17.2 Å². The molecular formula is C10H20F2O5S. The third-order valence-electron chi connectivity index (χ3n) is 2.66. The Morgan fingerprint density at radius 2 is 1.89 bits per heavy atom. The van der Waals surface area contributed by atoms with E-state index in [1.807, 2.05) is 13.8 Å². The van der Waals surface area contributed by atoms with Crippen molar-refractivity contribution in [1.29, 1.82) is 0 Å². The van der Waals surface area contributed by atoms with Crippen molar-refractivity contribution in [2.75, 3.05) is 6.61 Å². The van der Waals surface area contributed by atoms with E-state index in [4.69, 9.17) is 9.66 Å². The topological polar surface area (TPSA) is 83.8 Å². The molecule has 0 aromatic heterocycles. The van der Waals surface area contributed by atoms with Gasteiger partial charge in [-0.3, -0.25) is 4.55 Å². The number of halogens is 2. The maximum atomic E-state index is 12.9. The molecule has 2 atom stereocenters. The molecule has 5 nitrogen and oxygen atoms in total. The maximum absolute atomic E-state index is 12.9. The number of alkyl halides is 2. The molecule has 0 aliphatic rings. The Bertz CT molecular complexity index is 331. The monoisotopic (exact) mass is 290 g/mol. The van der Waals surface area contributed by atoms with Crippen LogP contribution in [0.5, 0.6) is 0 Å². The lowest BCUT2D eigenvalue weighted by atomic mass is 10.0. The summed E-state index contributed by atoms with van der Waals surface area (Å²) in [6.45, 7) is 3.65. The summed E-state index contributed by atoms with van der Waals surface area (Å²) in [7, 11) is -5.68. The van der Waals surface area contributed by atoms with Gasteiger partial charge in [0.2, 0.25) is 6.29 Å². The first-order valence-electron chi connectivity index (χ1n) is 5.81. The standard InChI is InChI=1S/C10H20F2O5S/c1-3-5-6-8(4-2)7-17-9(13)10(11,12)18(14,15)16/h8-9,13H,3-7H2,1-2H3,(H,14,15,16). The molecule has 0 rings (SSSR count). The Hall–Kier alpha value is -0.310. The number of rotatable bonds is 9. The van der Waals surface area contributed by atoms with E-state index in [1.165, 1.54) is 0 Å². The van der Waals surface area contributed by atoms with Gasteiger partial charge in [0.15, 0.2) is 0 Å². The number of ether oxygens (including phenoxy) is 1. The van der Waals surface area contributed by atoms with Gasteiger partial charge in [0.25, 0.3) is 0 Å². The van der Waals surface area contributed by atoms with Crippen molar-refractivity contribution in [3.63, 3.8) is 0 Å². The Kier molecular flexibility index (Phi) is 7.19. The molecular weight excluding hydrogens is 270 g/mol. The minimum Gasteiger partial charge on any atom is -0.362 e. The van der Waals surface area contributed by atoms with Gasteiger partial charge >= 0.3 is 15.4 Å². The normalized spacial score (nSPS) is 16.6. The molecule has 2 unspecified atom stereocenters. The van der Waals surface area contributed by atoms with Gasteiger partial charge in [-0.05, 0) is 12.3 Å². The predicted octanol–water partition coefficient (Wildman–Crippen LogP) is 2.02. The van der Waals surface area contributed by atoms with Crippen LogP contribution in [0.25, 0.3) is 0 Å². The highest BCUT2D eigenvalue weighted by molar-refractivity contribution is 7.86. The van der Waals surface area contributed by atoms with Crippen molar-refractivity contribution in [2.45, 2.75) is 51.1 Å². The van der Waals surface area contributed by atoms with Crippen LogP contribution in [0.15, 0.2) is 0 Å². The molecule has 0 aliphatic heterocycles. The van der Waals surface area contributed by atoms with Crippen LogP contribution in [0.4, 0.5) is 8.78 Å². The average molecular weight is 290 g/mol. The predicted molar refractivity (Wildman–Crippen MR) is 61.8 cm³/mol.